The van der Waals surface area contributed by atoms with E-state index in [9.17, 15) is 5.26 Å². The Kier molecular flexibility index (Phi) is 6.11. The summed E-state index contributed by atoms with van der Waals surface area (Å²) < 4.78 is 0. The van der Waals surface area contributed by atoms with Crippen LogP contribution in [0.2, 0.25) is 0 Å². The van der Waals surface area contributed by atoms with Crippen LogP contribution in [0.15, 0.2) is 0 Å². The molecular weight excluding hydrogens is 222 g/mol. The molecule has 0 aromatic rings. The van der Waals surface area contributed by atoms with Gasteiger partial charge in [0.15, 0.2) is 0 Å². The standard InChI is InChI=1S/C15H29N3/c1-5-17-15(4,12-16)8-11-18-9-6-14(7-10-18)13(2)3/h13-14,17H,5-11H2,1-4H3. The second-order valence-corrected chi connectivity index (χ2v) is 6.15. The molecule has 1 fully saturated rings. The first kappa shape index (κ1) is 15.5. The van der Waals surface area contributed by atoms with Crippen molar-refractivity contribution in [3.8, 4) is 6.07 Å². The highest BCUT2D eigenvalue weighted by atomic mass is 15.1. The Hall–Kier alpha value is -0.590. The van der Waals surface area contributed by atoms with Gasteiger partial charge in [0.1, 0.15) is 5.54 Å². The zero-order valence-electron chi connectivity index (χ0n) is 12.5. The van der Waals surface area contributed by atoms with Crippen LogP contribution in [0.3, 0.4) is 0 Å². The van der Waals surface area contributed by atoms with Crippen LogP contribution in [0.4, 0.5) is 0 Å². The molecular formula is C15H29N3. The minimum atomic E-state index is -0.357. The van der Waals surface area contributed by atoms with E-state index in [-0.39, 0.29) is 5.54 Å². The summed E-state index contributed by atoms with van der Waals surface area (Å²) in [7, 11) is 0. The molecule has 0 aromatic carbocycles. The molecule has 1 N–H and O–H groups in total. The fraction of sp³-hybridized carbons (Fsp3) is 0.933. The Balaban J connectivity index is 2.31. The molecule has 0 aromatic heterocycles. The van der Waals surface area contributed by atoms with Gasteiger partial charge in [-0.25, -0.2) is 0 Å². The summed E-state index contributed by atoms with van der Waals surface area (Å²) in [6.07, 6.45) is 3.56. The fourth-order valence-electron chi connectivity index (χ4n) is 2.80. The molecule has 1 rings (SSSR count). The van der Waals surface area contributed by atoms with Crippen molar-refractivity contribution in [2.45, 2.75) is 52.5 Å². The second kappa shape index (κ2) is 7.11. The van der Waals surface area contributed by atoms with Crippen molar-refractivity contribution >= 4 is 0 Å². The van der Waals surface area contributed by atoms with E-state index < -0.39 is 0 Å². The minimum absolute atomic E-state index is 0.357. The molecule has 0 spiro atoms. The summed E-state index contributed by atoms with van der Waals surface area (Å²) in [5.41, 5.74) is -0.357. The molecule has 0 bridgehead atoms. The molecule has 3 heteroatoms. The molecule has 1 unspecified atom stereocenters. The van der Waals surface area contributed by atoms with Crippen LogP contribution in [-0.2, 0) is 0 Å². The van der Waals surface area contributed by atoms with Crippen LogP contribution in [0.1, 0.15) is 47.0 Å². The molecule has 18 heavy (non-hydrogen) atoms. The molecule has 0 aliphatic carbocycles. The molecule has 1 saturated heterocycles. The Morgan fingerprint density at radius 3 is 2.44 bits per heavy atom. The van der Waals surface area contributed by atoms with Gasteiger partial charge in [0.25, 0.3) is 0 Å². The van der Waals surface area contributed by atoms with Crippen LogP contribution in [0.25, 0.3) is 0 Å². The third-order valence-corrected chi connectivity index (χ3v) is 4.32. The molecule has 104 valence electrons. The first-order chi connectivity index (χ1) is 8.50. The minimum Gasteiger partial charge on any atom is -0.303 e. The van der Waals surface area contributed by atoms with E-state index in [0.717, 1.165) is 31.3 Å². The van der Waals surface area contributed by atoms with Gasteiger partial charge in [-0.2, -0.15) is 5.26 Å². The number of hydrogen-bond acceptors (Lipinski definition) is 3. The molecule has 0 saturated carbocycles. The van der Waals surface area contributed by atoms with Crippen molar-refractivity contribution in [1.29, 1.82) is 5.26 Å². The number of likely N-dealkylation sites (tertiary alicyclic amines) is 1. The summed E-state index contributed by atoms with van der Waals surface area (Å²) in [4.78, 5) is 2.52. The van der Waals surface area contributed by atoms with Crippen molar-refractivity contribution in [2.75, 3.05) is 26.2 Å². The van der Waals surface area contributed by atoms with E-state index in [0.29, 0.717) is 0 Å². The van der Waals surface area contributed by atoms with Gasteiger partial charge in [-0.05, 0) is 57.7 Å². The van der Waals surface area contributed by atoms with Gasteiger partial charge in [0.05, 0.1) is 6.07 Å². The van der Waals surface area contributed by atoms with Gasteiger partial charge in [-0.1, -0.05) is 20.8 Å². The van der Waals surface area contributed by atoms with Crippen molar-refractivity contribution in [2.24, 2.45) is 11.8 Å². The van der Waals surface area contributed by atoms with E-state index in [2.05, 4.69) is 37.1 Å². The molecule has 1 aliphatic rings. The lowest BCUT2D eigenvalue weighted by molar-refractivity contribution is 0.149. The lowest BCUT2D eigenvalue weighted by atomic mass is 9.86. The predicted octanol–water partition coefficient (Wildman–Crippen LogP) is 2.64. The van der Waals surface area contributed by atoms with Crippen LogP contribution in [-0.4, -0.2) is 36.6 Å². The summed E-state index contributed by atoms with van der Waals surface area (Å²) in [5, 5.41) is 12.5. The lowest BCUT2D eigenvalue weighted by Crippen LogP contribution is -2.45. The van der Waals surface area contributed by atoms with E-state index in [4.69, 9.17) is 0 Å². The molecule has 0 amide bonds. The molecule has 0 radical (unpaired) electrons. The number of rotatable bonds is 6. The van der Waals surface area contributed by atoms with Crippen molar-refractivity contribution in [1.82, 2.24) is 10.2 Å². The Morgan fingerprint density at radius 2 is 2.00 bits per heavy atom. The molecule has 1 heterocycles. The topological polar surface area (TPSA) is 39.1 Å². The summed E-state index contributed by atoms with van der Waals surface area (Å²) in [6, 6.07) is 2.41. The summed E-state index contributed by atoms with van der Waals surface area (Å²) in [5.74, 6) is 1.72. The van der Waals surface area contributed by atoms with Crippen LogP contribution in [0.5, 0.6) is 0 Å². The first-order valence-electron chi connectivity index (χ1n) is 7.39. The van der Waals surface area contributed by atoms with E-state index >= 15 is 0 Å². The number of nitrogens with one attached hydrogen (secondary N) is 1. The third-order valence-electron chi connectivity index (χ3n) is 4.32. The molecule has 1 aliphatic heterocycles. The van der Waals surface area contributed by atoms with Crippen LogP contribution >= 0.6 is 0 Å². The maximum absolute atomic E-state index is 9.23. The highest BCUT2D eigenvalue weighted by Gasteiger charge is 2.26. The largest absolute Gasteiger partial charge is 0.303 e. The van der Waals surface area contributed by atoms with Crippen molar-refractivity contribution < 1.29 is 0 Å². The lowest BCUT2D eigenvalue weighted by Gasteiger charge is -2.35. The Bertz CT molecular complexity index is 274. The number of hydrogen-bond donors (Lipinski definition) is 1. The van der Waals surface area contributed by atoms with Crippen LogP contribution < -0.4 is 5.32 Å². The highest BCUT2D eigenvalue weighted by molar-refractivity contribution is 5.03. The Labute approximate surface area is 113 Å². The first-order valence-corrected chi connectivity index (χ1v) is 7.39. The average Bonchev–Trinajstić information content (AvgIpc) is 2.37. The van der Waals surface area contributed by atoms with Crippen LogP contribution in [0, 0.1) is 23.2 Å². The third kappa shape index (κ3) is 4.59. The maximum atomic E-state index is 9.23. The fourth-order valence-corrected chi connectivity index (χ4v) is 2.80. The van der Waals surface area contributed by atoms with Gasteiger partial charge in [-0.3, -0.25) is 5.32 Å². The SMILES string of the molecule is CCNC(C)(C#N)CCN1CCC(C(C)C)CC1. The van der Waals surface area contributed by atoms with E-state index in [1.165, 1.54) is 25.9 Å². The zero-order valence-corrected chi connectivity index (χ0v) is 12.5. The summed E-state index contributed by atoms with van der Waals surface area (Å²) in [6.45, 7) is 13.0. The maximum Gasteiger partial charge on any atom is 0.105 e. The average molecular weight is 251 g/mol. The Morgan fingerprint density at radius 1 is 1.39 bits per heavy atom. The van der Waals surface area contributed by atoms with Gasteiger partial charge < -0.3 is 4.90 Å². The van der Waals surface area contributed by atoms with Crippen molar-refractivity contribution in [3.05, 3.63) is 0 Å². The second-order valence-electron chi connectivity index (χ2n) is 6.15. The van der Waals surface area contributed by atoms with Crippen molar-refractivity contribution in [3.63, 3.8) is 0 Å². The smallest absolute Gasteiger partial charge is 0.105 e. The van der Waals surface area contributed by atoms with E-state index in [1.54, 1.807) is 0 Å². The zero-order chi connectivity index (χ0) is 13.6. The summed E-state index contributed by atoms with van der Waals surface area (Å²) >= 11 is 0. The number of nitrogens with zero attached hydrogens (tertiary/aromatic N) is 2. The predicted molar refractivity (Wildman–Crippen MR) is 76.3 cm³/mol. The highest BCUT2D eigenvalue weighted by Crippen LogP contribution is 2.24. The van der Waals surface area contributed by atoms with Gasteiger partial charge >= 0.3 is 0 Å². The normalized spacial score (nSPS) is 21.8. The van der Waals surface area contributed by atoms with Gasteiger partial charge in [0.2, 0.25) is 0 Å². The molecule has 1 atom stereocenters. The van der Waals surface area contributed by atoms with Gasteiger partial charge in [-0.15, -0.1) is 0 Å². The number of nitriles is 1. The number of piperidine rings is 1. The quantitative estimate of drug-likeness (QED) is 0.789. The molecule has 3 nitrogen and oxygen atoms in total. The monoisotopic (exact) mass is 251 g/mol. The van der Waals surface area contributed by atoms with E-state index in [1.807, 2.05) is 6.92 Å². The van der Waals surface area contributed by atoms with Gasteiger partial charge in [0, 0.05) is 6.54 Å².